The second-order valence-electron chi connectivity index (χ2n) is 9.81. The van der Waals surface area contributed by atoms with Crippen LogP contribution >= 0.6 is 11.3 Å². The summed E-state index contributed by atoms with van der Waals surface area (Å²) in [5.41, 5.74) is 6.51. The summed E-state index contributed by atoms with van der Waals surface area (Å²) < 4.78 is 0. The first-order valence-electron chi connectivity index (χ1n) is 13.1. The van der Waals surface area contributed by atoms with E-state index in [1.807, 2.05) is 23.6 Å². The number of hydrogen-bond donors (Lipinski definition) is 0. The zero-order valence-electron chi connectivity index (χ0n) is 21.0. The van der Waals surface area contributed by atoms with Crippen LogP contribution in [0.2, 0.25) is 0 Å². The van der Waals surface area contributed by atoms with E-state index in [0.29, 0.717) is 0 Å². The highest BCUT2D eigenvalue weighted by atomic mass is 32.1. The number of benzene rings is 5. The highest BCUT2D eigenvalue weighted by Crippen LogP contribution is 2.42. The molecule has 0 spiro atoms. The van der Waals surface area contributed by atoms with Gasteiger partial charge in [0.05, 0.1) is 16.7 Å². The molecule has 8 rings (SSSR count). The average Bonchev–Trinajstić information content (AvgIpc) is 3.50. The molecule has 0 fully saturated rings. The van der Waals surface area contributed by atoms with Gasteiger partial charge in [-0.1, -0.05) is 103 Å². The third-order valence-electron chi connectivity index (χ3n) is 7.56. The van der Waals surface area contributed by atoms with Crippen LogP contribution in [-0.2, 0) is 0 Å². The van der Waals surface area contributed by atoms with E-state index in [9.17, 15) is 0 Å². The van der Waals surface area contributed by atoms with Crippen molar-refractivity contribution in [2.75, 3.05) is 0 Å². The summed E-state index contributed by atoms with van der Waals surface area (Å²) >= 11 is 1.85. The number of hydrogen-bond acceptors (Lipinski definition) is 3. The summed E-state index contributed by atoms with van der Waals surface area (Å²) in [7, 11) is 0. The first kappa shape index (κ1) is 22.2. The predicted octanol–water partition coefficient (Wildman–Crippen LogP) is 10.2. The molecule has 8 aromatic rings. The minimum atomic E-state index is 0.941. The standard InChI is InChI=1S/C36H22N2S/c1-2-10-26-23(7-1)8-5-13-30(26)33-20-21-34(39-33)31-18-17-29(27-11-3-4-12-28(27)31)32-19-16-25-15-14-24-9-6-22-37-35(24)36(25)38-32/h1-22H. The molecule has 0 bridgehead atoms. The Balaban J connectivity index is 1.28. The molecule has 0 aliphatic carbocycles. The van der Waals surface area contributed by atoms with E-state index in [-0.39, 0.29) is 0 Å². The number of aromatic nitrogens is 2. The molecule has 3 heteroatoms. The lowest BCUT2D eigenvalue weighted by Gasteiger charge is -2.12. The van der Waals surface area contributed by atoms with E-state index >= 15 is 0 Å². The molecule has 0 radical (unpaired) electrons. The molecular formula is C36H22N2S. The Morgan fingerprint density at radius 1 is 0.410 bits per heavy atom. The van der Waals surface area contributed by atoms with Crippen molar-refractivity contribution in [3.8, 4) is 32.1 Å². The first-order valence-corrected chi connectivity index (χ1v) is 13.9. The Morgan fingerprint density at radius 3 is 1.87 bits per heavy atom. The Labute approximate surface area is 229 Å². The second-order valence-corrected chi connectivity index (χ2v) is 10.9. The first-order chi connectivity index (χ1) is 19.3. The maximum Gasteiger partial charge on any atom is 0.0972 e. The summed E-state index contributed by atoms with van der Waals surface area (Å²) in [6.45, 7) is 0. The van der Waals surface area contributed by atoms with Gasteiger partial charge in [0.15, 0.2) is 0 Å². The van der Waals surface area contributed by atoms with Crippen LogP contribution in [-0.4, -0.2) is 9.97 Å². The van der Waals surface area contributed by atoms with Gasteiger partial charge in [-0.25, -0.2) is 4.98 Å². The minimum absolute atomic E-state index is 0.941. The van der Waals surface area contributed by atoms with Crippen LogP contribution in [0, 0.1) is 0 Å². The summed E-state index contributed by atoms with van der Waals surface area (Å²) in [4.78, 5) is 12.3. The van der Waals surface area contributed by atoms with Gasteiger partial charge in [0.1, 0.15) is 0 Å². The van der Waals surface area contributed by atoms with E-state index in [2.05, 4.69) is 126 Å². The molecule has 0 saturated carbocycles. The molecule has 0 saturated heterocycles. The van der Waals surface area contributed by atoms with Crippen LogP contribution in [0.25, 0.3) is 75.5 Å². The monoisotopic (exact) mass is 514 g/mol. The Morgan fingerprint density at radius 2 is 1.03 bits per heavy atom. The summed E-state index contributed by atoms with van der Waals surface area (Å²) in [5.74, 6) is 0. The molecule has 5 aromatic carbocycles. The lowest BCUT2D eigenvalue weighted by molar-refractivity contribution is 1.37. The highest BCUT2D eigenvalue weighted by molar-refractivity contribution is 7.19. The quantitative estimate of drug-likeness (QED) is 0.219. The maximum atomic E-state index is 5.14. The zero-order valence-corrected chi connectivity index (χ0v) is 21.8. The largest absolute Gasteiger partial charge is 0.254 e. The SMILES string of the molecule is c1ccc2c(-c3ccc(-c4ccc(-c5ccc6ccc7cccnc7c6n5)c5ccccc45)s3)cccc2c1. The van der Waals surface area contributed by atoms with Crippen LogP contribution in [0.4, 0.5) is 0 Å². The Bertz CT molecular complexity index is 2190. The molecule has 0 unspecified atom stereocenters. The van der Waals surface area contributed by atoms with E-state index < -0.39 is 0 Å². The van der Waals surface area contributed by atoms with Gasteiger partial charge in [0, 0.05) is 32.3 Å². The molecule has 2 nitrogen and oxygen atoms in total. The molecule has 182 valence electrons. The van der Waals surface area contributed by atoms with Crippen LogP contribution in [0.15, 0.2) is 134 Å². The fourth-order valence-electron chi connectivity index (χ4n) is 5.68. The van der Waals surface area contributed by atoms with Gasteiger partial charge < -0.3 is 0 Å². The van der Waals surface area contributed by atoms with Gasteiger partial charge in [-0.3, -0.25) is 4.98 Å². The van der Waals surface area contributed by atoms with Gasteiger partial charge in [-0.2, -0.15) is 0 Å². The van der Waals surface area contributed by atoms with Crippen LogP contribution in [0.3, 0.4) is 0 Å². The molecule has 39 heavy (non-hydrogen) atoms. The Kier molecular flexibility index (Phi) is 5.04. The van der Waals surface area contributed by atoms with Crippen molar-refractivity contribution in [2.24, 2.45) is 0 Å². The lowest BCUT2D eigenvalue weighted by Crippen LogP contribution is -1.90. The van der Waals surface area contributed by atoms with Gasteiger partial charge in [0.25, 0.3) is 0 Å². The normalized spacial score (nSPS) is 11.6. The lowest BCUT2D eigenvalue weighted by atomic mass is 9.96. The fraction of sp³-hybridized carbons (Fsp3) is 0. The van der Waals surface area contributed by atoms with Gasteiger partial charge in [0.2, 0.25) is 0 Å². The van der Waals surface area contributed by atoms with Crippen molar-refractivity contribution in [2.45, 2.75) is 0 Å². The van der Waals surface area contributed by atoms with Gasteiger partial charge in [-0.05, 0) is 56.9 Å². The summed E-state index contributed by atoms with van der Waals surface area (Å²) in [6, 6.07) is 45.4. The predicted molar refractivity (Wildman–Crippen MR) is 166 cm³/mol. The maximum absolute atomic E-state index is 5.14. The van der Waals surface area contributed by atoms with Crippen LogP contribution in [0.5, 0.6) is 0 Å². The number of thiophene rings is 1. The molecule has 0 aliphatic rings. The number of pyridine rings is 2. The number of rotatable bonds is 3. The topological polar surface area (TPSA) is 25.8 Å². The third-order valence-corrected chi connectivity index (χ3v) is 8.71. The number of nitrogens with zero attached hydrogens (tertiary/aromatic N) is 2. The van der Waals surface area contributed by atoms with Crippen molar-refractivity contribution in [3.05, 3.63) is 134 Å². The average molecular weight is 515 g/mol. The Hall–Kier alpha value is -4.86. The van der Waals surface area contributed by atoms with E-state index in [0.717, 1.165) is 33.1 Å². The van der Waals surface area contributed by atoms with Crippen molar-refractivity contribution < 1.29 is 0 Å². The second kappa shape index (κ2) is 8.87. The van der Waals surface area contributed by atoms with Crippen molar-refractivity contribution in [3.63, 3.8) is 0 Å². The molecule has 3 aromatic heterocycles. The van der Waals surface area contributed by atoms with Crippen LogP contribution < -0.4 is 0 Å². The van der Waals surface area contributed by atoms with E-state index in [1.54, 1.807) is 0 Å². The van der Waals surface area contributed by atoms with E-state index in [4.69, 9.17) is 4.98 Å². The minimum Gasteiger partial charge on any atom is -0.254 e. The smallest absolute Gasteiger partial charge is 0.0972 e. The fourth-order valence-corrected chi connectivity index (χ4v) is 6.76. The molecular weight excluding hydrogens is 492 g/mol. The highest BCUT2D eigenvalue weighted by Gasteiger charge is 2.14. The molecule has 0 atom stereocenters. The molecule has 0 amide bonds. The summed E-state index contributed by atoms with van der Waals surface area (Å²) in [6.07, 6.45) is 1.84. The van der Waals surface area contributed by atoms with Crippen molar-refractivity contribution >= 4 is 54.7 Å². The van der Waals surface area contributed by atoms with Crippen molar-refractivity contribution in [1.29, 1.82) is 0 Å². The molecule has 3 heterocycles. The van der Waals surface area contributed by atoms with Crippen molar-refractivity contribution in [1.82, 2.24) is 9.97 Å². The van der Waals surface area contributed by atoms with Gasteiger partial charge >= 0.3 is 0 Å². The van der Waals surface area contributed by atoms with Crippen LogP contribution in [0.1, 0.15) is 0 Å². The van der Waals surface area contributed by atoms with E-state index in [1.165, 1.54) is 42.4 Å². The third kappa shape index (κ3) is 3.63. The van der Waals surface area contributed by atoms with Gasteiger partial charge in [-0.15, -0.1) is 11.3 Å². The molecule has 0 aliphatic heterocycles. The summed E-state index contributed by atoms with van der Waals surface area (Å²) in [5, 5.41) is 7.21. The molecule has 0 N–H and O–H groups in total. The number of fused-ring (bicyclic) bond motifs is 5. The zero-order chi connectivity index (χ0) is 25.8.